The molecule has 0 N–H and O–H groups in total. The van der Waals surface area contributed by atoms with Crippen molar-refractivity contribution in [1.29, 1.82) is 0 Å². The molecule has 0 aromatic carbocycles. The van der Waals surface area contributed by atoms with E-state index < -0.39 is 12.4 Å². The van der Waals surface area contributed by atoms with Crippen LogP contribution in [-0.4, -0.2) is 48.8 Å². The molecular weight excluding hydrogens is 422 g/mol. The second-order valence-electron chi connectivity index (χ2n) is 4.55. The molecule has 2 rings (SSSR count). The minimum atomic E-state index is -3.14. The molecule has 3 nitrogen and oxygen atoms in total. The Kier molecular flexibility index (Phi) is 4.29. The predicted octanol–water partition coefficient (Wildman–Crippen LogP) is 2.87. The standard InChI is InChI=1S/C10H16Br2NO2S3/c1-4-13(5-2)8-16-7-6-18(14,15)10(11,12)9(7,3)17-8/h7H,4-6H2,1-3H3/q+1/t7-,9-/m0/s1. The quantitative estimate of drug-likeness (QED) is 0.491. The lowest BCUT2D eigenvalue weighted by Gasteiger charge is -2.29. The van der Waals surface area contributed by atoms with Crippen LogP contribution in [0.1, 0.15) is 20.8 Å². The van der Waals surface area contributed by atoms with Crippen molar-refractivity contribution in [2.75, 3.05) is 18.8 Å². The molecule has 8 heteroatoms. The van der Waals surface area contributed by atoms with E-state index in [4.69, 9.17) is 0 Å². The smallest absolute Gasteiger partial charge is 0.226 e. The van der Waals surface area contributed by atoms with Gasteiger partial charge in [-0.1, -0.05) is 31.9 Å². The number of fused-ring (bicyclic) bond motifs is 1. The third kappa shape index (κ3) is 2.05. The monoisotopic (exact) mass is 436 g/mol. The molecule has 0 aromatic heterocycles. The summed E-state index contributed by atoms with van der Waals surface area (Å²) in [6, 6.07) is 0. The summed E-state index contributed by atoms with van der Waals surface area (Å²) in [6.45, 7) is 8.19. The molecule has 2 heterocycles. The van der Waals surface area contributed by atoms with Gasteiger partial charge in [-0.15, -0.1) is 0 Å². The molecule has 0 radical (unpaired) electrons. The summed E-state index contributed by atoms with van der Waals surface area (Å²) in [5.74, 6) is 0.225. The first-order valence-corrected chi connectivity index (χ1v) is 10.7. The largest absolute Gasteiger partial charge is 0.271 e. The molecule has 0 aromatic rings. The van der Waals surface area contributed by atoms with Gasteiger partial charge < -0.3 is 0 Å². The maximum absolute atomic E-state index is 12.2. The van der Waals surface area contributed by atoms with Crippen molar-refractivity contribution in [2.45, 2.75) is 33.3 Å². The van der Waals surface area contributed by atoms with E-state index >= 15 is 0 Å². The molecule has 0 unspecified atom stereocenters. The van der Waals surface area contributed by atoms with E-state index in [0.29, 0.717) is 0 Å². The SMILES string of the molecule is CC[N+](CC)=C1S[C@H]2CS(=O)(=O)C(Br)(Br)[C@@]2(C)S1. The number of rotatable bonds is 2. The van der Waals surface area contributed by atoms with Crippen molar-refractivity contribution < 1.29 is 13.0 Å². The number of alkyl halides is 2. The summed E-state index contributed by atoms with van der Waals surface area (Å²) < 4.78 is 26.5. The number of halogens is 2. The van der Waals surface area contributed by atoms with Crippen LogP contribution in [0.2, 0.25) is 0 Å². The zero-order valence-corrected chi connectivity index (χ0v) is 16.1. The zero-order valence-electron chi connectivity index (χ0n) is 10.4. The average molecular weight is 438 g/mol. The first kappa shape index (κ1) is 15.7. The summed E-state index contributed by atoms with van der Waals surface area (Å²) >= 11 is 10.2. The second-order valence-corrected chi connectivity index (χ2v) is 14.1. The molecule has 18 heavy (non-hydrogen) atoms. The molecule has 2 fully saturated rings. The lowest BCUT2D eigenvalue weighted by molar-refractivity contribution is -0.515. The van der Waals surface area contributed by atoms with E-state index in [1.807, 2.05) is 6.92 Å². The van der Waals surface area contributed by atoms with Crippen LogP contribution in [0, 0.1) is 0 Å². The Balaban J connectivity index is 2.44. The number of thioether (sulfide) groups is 2. The zero-order chi connectivity index (χ0) is 13.8. The Morgan fingerprint density at radius 1 is 1.39 bits per heavy atom. The van der Waals surface area contributed by atoms with Gasteiger partial charge in [0, 0.05) is 5.25 Å². The molecule has 0 bridgehead atoms. The Hall–Kier alpha value is 1.28. The highest BCUT2D eigenvalue weighted by atomic mass is 79.9. The van der Waals surface area contributed by atoms with Gasteiger partial charge in [0.05, 0.1) is 10.5 Å². The highest BCUT2D eigenvalue weighted by Gasteiger charge is 2.70. The fourth-order valence-electron chi connectivity index (χ4n) is 2.18. The minimum absolute atomic E-state index is 0.0989. The summed E-state index contributed by atoms with van der Waals surface area (Å²) in [5, 5.41) is 0.0989. The lowest BCUT2D eigenvalue weighted by atomic mass is 10.1. The van der Waals surface area contributed by atoms with E-state index in [1.54, 1.807) is 23.5 Å². The molecule has 0 saturated carbocycles. The van der Waals surface area contributed by atoms with Crippen LogP contribution in [0.15, 0.2) is 0 Å². The first-order valence-electron chi connectivity index (χ1n) is 5.77. The Morgan fingerprint density at radius 3 is 2.39 bits per heavy atom. The maximum Gasteiger partial charge on any atom is 0.271 e. The van der Waals surface area contributed by atoms with Gasteiger partial charge in [-0.25, -0.2) is 13.0 Å². The molecule has 2 aliphatic heterocycles. The van der Waals surface area contributed by atoms with Gasteiger partial charge in [0.1, 0.15) is 13.1 Å². The molecule has 0 amide bonds. The molecular formula is C10H16Br2NO2S3+. The van der Waals surface area contributed by atoms with E-state index in [1.165, 1.54) is 4.38 Å². The Bertz CT molecular complexity index is 497. The predicted molar refractivity (Wildman–Crippen MR) is 88.1 cm³/mol. The number of sulfone groups is 1. The topological polar surface area (TPSA) is 37.1 Å². The van der Waals surface area contributed by atoms with E-state index in [9.17, 15) is 8.42 Å². The van der Waals surface area contributed by atoms with Crippen molar-refractivity contribution in [3.63, 3.8) is 0 Å². The van der Waals surface area contributed by atoms with Crippen LogP contribution < -0.4 is 0 Å². The van der Waals surface area contributed by atoms with Gasteiger partial charge in [-0.2, -0.15) is 0 Å². The number of nitrogens with zero attached hydrogens (tertiary/aromatic N) is 1. The summed E-state index contributed by atoms with van der Waals surface area (Å²) in [7, 11) is -3.14. The van der Waals surface area contributed by atoms with E-state index in [0.717, 1.165) is 13.1 Å². The highest BCUT2D eigenvalue weighted by molar-refractivity contribution is 9.28. The van der Waals surface area contributed by atoms with Crippen LogP contribution in [0.3, 0.4) is 0 Å². The molecule has 2 atom stereocenters. The number of hydrogen-bond acceptors (Lipinski definition) is 4. The maximum atomic E-state index is 12.2. The third-order valence-corrected chi connectivity index (χ3v) is 14.5. The Labute approximate surface area is 134 Å². The van der Waals surface area contributed by atoms with Gasteiger partial charge in [0.15, 0.2) is 12.4 Å². The van der Waals surface area contributed by atoms with E-state index in [-0.39, 0.29) is 15.7 Å². The average Bonchev–Trinajstić information content (AvgIpc) is 2.63. The Morgan fingerprint density at radius 2 is 1.94 bits per heavy atom. The van der Waals surface area contributed by atoms with Gasteiger partial charge in [0.25, 0.3) is 4.38 Å². The van der Waals surface area contributed by atoms with Gasteiger partial charge in [-0.05, 0) is 44.3 Å². The van der Waals surface area contributed by atoms with Gasteiger partial charge in [0.2, 0.25) is 0 Å². The summed E-state index contributed by atoms with van der Waals surface area (Å²) in [5.41, 5.74) is 0. The fraction of sp³-hybridized carbons (Fsp3) is 0.900. The van der Waals surface area contributed by atoms with Crippen molar-refractivity contribution in [1.82, 2.24) is 0 Å². The fourth-order valence-corrected chi connectivity index (χ4v) is 11.0. The van der Waals surface area contributed by atoms with Crippen LogP contribution in [-0.2, 0) is 9.84 Å². The molecule has 104 valence electrons. The van der Waals surface area contributed by atoms with Crippen molar-refractivity contribution in [3.8, 4) is 0 Å². The van der Waals surface area contributed by atoms with Crippen LogP contribution in [0.5, 0.6) is 0 Å². The second kappa shape index (κ2) is 4.93. The van der Waals surface area contributed by atoms with Crippen molar-refractivity contribution in [3.05, 3.63) is 0 Å². The van der Waals surface area contributed by atoms with Crippen molar-refractivity contribution >= 4 is 69.6 Å². The molecule has 2 saturated heterocycles. The van der Waals surface area contributed by atoms with Crippen LogP contribution in [0.25, 0.3) is 0 Å². The van der Waals surface area contributed by atoms with E-state index in [2.05, 4.69) is 50.3 Å². The molecule has 0 spiro atoms. The summed E-state index contributed by atoms with van der Waals surface area (Å²) in [6.07, 6.45) is 0. The highest BCUT2D eigenvalue weighted by Crippen LogP contribution is 2.65. The minimum Gasteiger partial charge on any atom is -0.226 e. The molecule has 0 aliphatic carbocycles. The van der Waals surface area contributed by atoms with Gasteiger partial charge >= 0.3 is 0 Å². The van der Waals surface area contributed by atoms with Crippen LogP contribution in [0.4, 0.5) is 0 Å². The molecule has 2 aliphatic rings. The van der Waals surface area contributed by atoms with Gasteiger partial charge in [-0.3, -0.25) is 0 Å². The van der Waals surface area contributed by atoms with Crippen molar-refractivity contribution in [2.24, 2.45) is 0 Å². The summed E-state index contributed by atoms with van der Waals surface area (Å²) in [4.78, 5) is 0. The lowest BCUT2D eigenvalue weighted by Crippen LogP contribution is -2.41. The van der Waals surface area contributed by atoms with Crippen LogP contribution >= 0.6 is 55.4 Å². The number of hydrogen-bond donors (Lipinski definition) is 0. The normalized spacial score (nSPS) is 36.7. The third-order valence-electron chi connectivity index (χ3n) is 3.52. The first-order chi connectivity index (χ1) is 8.19.